The van der Waals surface area contributed by atoms with Gasteiger partial charge in [0, 0.05) is 25.7 Å². The second-order valence-electron chi connectivity index (χ2n) is 4.90. The highest BCUT2D eigenvalue weighted by Crippen LogP contribution is 2.25. The standard InChI is InChI=1S/C14H23N3O2S/c1-11(7-8-20-4)16(3)10-12-5-6-13(15-2)14(9-12)17(18)19/h5-6,9,11,15H,7-8,10H2,1-4H3. The van der Waals surface area contributed by atoms with Gasteiger partial charge in [0.1, 0.15) is 5.69 Å². The van der Waals surface area contributed by atoms with Gasteiger partial charge in [-0.05, 0) is 44.0 Å². The lowest BCUT2D eigenvalue weighted by Crippen LogP contribution is -2.29. The molecule has 0 spiro atoms. The van der Waals surface area contributed by atoms with Crippen LogP contribution in [0.15, 0.2) is 18.2 Å². The molecular formula is C14H23N3O2S. The van der Waals surface area contributed by atoms with Gasteiger partial charge in [-0.15, -0.1) is 0 Å². The van der Waals surface area contributed by atoms with Crippen LogP contribution in [0.25, 0.3) is 0 Å². The van der Waals surface area contributed by atoms with Gasteiger partial charge in [-0.1, -0.05) is 6.07 Å². The van der Waals surface area contributed by atoms with Crippen molar-refractivity contribution in [2.24, 2.45) is 0 Å². The lowest BCUT2D eigenvalue weighted by atomic mass is 10.1. The first-order chi connectivity index (χ1) is 9.49. The van der Waals surface area contributed by atoms with E-state index in [2.05, 4.69) is 30.4 Å². The van der Waals surface area contributed by atoms with Crippen molar-refractivity contribution < 1.29 is 4.92 Å². The third kappa shape index (κ3) is 4.68. The number of nitrogens with one attached hydrogen (secondary N) is 1. The first kappa shape index (κ1) is 16.8. The molecule has 0 aliphatic heterocycles. The minimum Gasteiger partial charge on any atom is -0.383 e. The van der Waals surface area contributed by atoms with Crippen molar-refractivity contribution in [2.75, 3.05) is 31.4 Å². The molecule has 5 nitrogen and oxygen atoms in total. The number of hydrogen-bond acceptors (Lipinski definition) is 5. The Kier molecular flexibility index (Phi) is 6.81. The minimum atomic E-state index is -0.341. The molecule has 0 aliphatic carbocycles. The van der Waals surface area contributed by atoms with Gasteiger partial charge in [0.2, 0.25) is 0 Å². The van der Waals surface area contributed by atoms with E-state index in [0.29, 0.717) is 11.7 Å². The van der Waals surface area contributed by atoms with Crippen molar-refractivity contribution >= 4 is 23.1 Å². The summed E-state index contributed by atoms with van der Waals surface area (Å²) in [6.45, 7) is 2.91. The molecular weight excluding hydrogens is 274 g/mol. The molecule has 0 bridgehead atoms. The molecule has 1 rings (SSSR count). The van der Waals surface area contributed by atoms with E-state index in [0.717, 1.165) is 24.3 Å². The van der Waals surface area contributed by atoms with Crippen LogP contribution in [0.2, 0.25) is 0 Å². The molecule has 0 fully saturated rings. The zero-order valence-corrected chi connectivity index (χ0v) is 13.4. The lowest BCUT2D eigenvalue weighted by molar-refractivity contribution is -0.384. The number of nitro benzene ring substituents is 1. The van der Waals surface area contributed by atoms with Gasteiger partial charge < -0.3 is 5.32 Å². The second kappa shape index (κ2) is 8.11. The van der Waals surface area contributed by atoms with Crippen molar-refractivity contribution in [3.05, 3.63) is 33.9 Å². The maximum atomic E-state index is 11.0. The van der Waals surface area contributed by atoms with Crippen LogP contribution in [-0.4, -0.2) is 42.0 Å². The highest BCUT2D eigenvalue weighted by Gasteiger charge is 2.15. The Morgan fingerprint density at radius 1 is 1.50 bits per heavy atom. The number of nitrogens with zero attached hydrogens (tertiary/aromatic N) is 2. The summed E-state index contributed by atoms with van der Waals surface area (Å²) < 4.78 is 0. The molecule has 1 N–H and O–H groups in total. The summed E-state index contributed by atoms with van der Waals surface area (Å²) in [5.74, 6) is 1.13. The van der Waals surface area contributed by atoms with E-state index in [1.54, 1.807) is 19.2 Å². The van der Waals surface area contributed by atoms with Crippen molar-refractivity contribution in [1.29, 1.82) is 0 Å². The normalized spacial score (nSPS) is 12.4. The Morgan fingerprint density at radius 3 is 2.75 bits per heavy atom. The third-order valence-electron chi connectivity index (χ3n) is 3.45. The topological polar surface area (TPSA) is 58.4 Å². The quantitative estimate of drug-likeness (QED) is 0.590. The first-order valence-corrected chi connectivity index (χ1v) is 8.03. The fourth-order valence-electron chi connectivity index (χ4n) is 1.99. The number of hydrogen-bond donors (Lipinski definition) is 1. The molecule has 20 heavy (non-hydrogen) atoms. The average molecular weight is 297 g/mol. The molecule has 0 radical (unpaired) electrons. The highest BCUT2D eigenvalue weighted by atomic mass is 32.2. The number of anilines is 1. The Balaban J connectivity index is 2.77. The van der Waals surface area contributed by atoms with E-state index < -0.39 is 0 Å². The van der Waals surface area contributed by atoms with Crippen LogP contribution in [0.4, 0.5) is 11.4 Å². The second-order valence-corrected chi connectivity index (χ2v) is 5.89. The predicted octanol–water partition coefficient (Wildman–Crippen LogP) is 3.21. The fraction of sp³-hybridized carbons (Fsp3) is 0.571. The smallest absolute Gasteiger partial charge is 0.292 e. The SMILES string of the molecule is CNc1ccc(CN(C)C(C)CCSC)cc1[N+](=O)[O-]. The summed E-state index contributed by atoms with van der Waals surface area (Å²) in [4.78, 5) is 12.9. The number of rotatable bonds is 8. The number of thioether (sulfide) groups is 1. The van der Waals surface area contributed by atoms with Gasteiger partial charge in [0.15, 0.2) is 0 Å². The van der Waals surface area contributed by atoms with Gasteiger partial charge in [0.05, 0.1) is 4.92 Å². The van der Waals surface area contributed by atoms with Crippen molar-refractivity contribution in [1.82, 2.24) is 4.90 Å². The Hall–Kier alpha value is -1.27. The van der Waals surface area contributed by atoms with Crippen LogP contribution in [0.3, 0.4) is 0 Å². The molecule has 0 aliphatic rings. The van der Waals surface area contributed by atoms with E-state index >= 15 is 0 Å². The summed E-state index contributed by atoms with van der Waals surface area (Å²) in [5, 5.41) is 13.9. The Morgan fingerprint density at radius 2 is 2.20 bits per heavy atom. The molecule has 112 valence electrons. The molecule has 1 aromatic carbocycles. The van der Waals surface area contributed by atoms with Gasteiger partial charge in [-0.2, -0.15) is 11.8 Å². The molecule has 1 atom stereocenters. The largest absolute Gasteiger partial charge is 0.383 e. The molecule has 0 amide bonds. The zero-order valence-electron chi connectivity index (χ0n) is 12.5. The number of nitro groups is 1. The molecule has 0 saturated heterocycles. The van der Waals surface area contributed by atoms with Crippen LogP contribution in [0.1, 0.15) is 18.9 Å². The average Bonchev–Trinajstić information content (AvgIpc) is 2.44. The fourth-order valence-corrected chi connectivity index (χ4v) is 2.57. The summed E-state index contributed by atoms with van der Waals surface area (Å²) in [6, 6.07) is 5.83. The van der Waals surface area contributed by atoms with Gasteiger partial charge >= 0.3 is 0 Å². The predicted molar refractivity (Wildman–Crippen MR) is 86.6 cm³/mol. The Labute approximate surface area is 124 Å². The number of benzene rings is 1. The zero-order chi connectivity index (χ0) is 15.1. The van der Waals surface area contributed by atoms with Crippen LogP contribution >= 0.6 is 11.8 Å². The highest BCUT2D eigenvalue weighted by molar-refractivity contribution is 7.98. The maximum absolute atomic E-state index is 11.0. The van der Waals surface area contributed by atoms with Gasteiger partial charge in [-0.3, -0.25) is 15.0 Å². The van der Waals surface area contributed by atoms with E-state index in [1.165, 1.54) is 0 Å². The molecule has 1 unspecified atom stereocenters. The van der Waals surface area contributed by atoms with Crippen molar-refractivity contribution in [3.8, 4) is 0 Å². The lowest BCUT2D eigenvalue weighted by Gasteiger charge is -2.24. The summed E-state index contributed by atoms with van der Waals surface area (Å²) in [7, 11) is 3.75. The Bertz CT molecular complexity index is 454. The van der Waals surface area contributed by atoms with Crippen LogP contribution in [0.5, 0.6) is 0 Å². The molecule has 0 heterocycles. The first-order valence-electron chi connectivity index (χ1n) is 6.63. The summed E-state index contributed by atoms with van der Waals surface area (Å²) in [5.41, 5.74) is 1.65. The van der Waals surface area contributed by atoms with Crippen LogP contribution in [0, 0.1) is 10.1 Å². The summed E-state index contributed by atoms with van der Waals surface area (Å²) >= 11 is 1.84. The van der Waals surface area contributed by atoms with E-state index in [1.807, 2.05) is 17.8 Å². The van der Waals surface area contributed by atoms with Crippen LogP contribution < -0.4 is 5.32 Å². The van der Waals surface area contributed by atoms with E-state index in [4.69, 9.17) is 0 Å². The third-order valence-corrected chi connectivity index (χ3v) is 4.10. The van der Waals surface area contributed by atoms with E-state index in [9.17, 15) is 10.1 Å². The molecule has 0 aromatic heterocycles. The van der Waals surface area contributed by atoms with Crippen LogP contribution in [-0.2, 0) is 6.54 Å². The molecule has 1 aromatic rings. The van der Waals surface area contributed by atoms with Crippen molar-refractivity contribution in [3.63, 3.8) is 0 Å². The monoisotopic (exact) mass is 297 g/mol. The maximum Gasteiger partial charge on any atom is 0.292 e. The van der Waals surface area contributed by atoms with Crippen molar-refractivity contribution in [2.45, 2.75) is 25.9 Å². The molecule has 6 heteroatoms. The van der Waals surface area contributed by atoms with Gasteiger partial charge in [-0.25, -0.2) is 0 Å². The molecule has 0 saturated carbocycles. The minimum absolute atomic E-state index is 0.134. The van der Waals surface area contributed by atoms with Gasteiger partial charge in [0.25, 0.3) is 5.69 Å². The summed E-state index contributed by atoms with van der Waals surface area (Å²) in [6.07, 6.45) is 3.22. The van der Waals surface area contributed by atoms with E-state index in [-0.39, 0.29) is 10.6 Å².